The highest BCUT2D eigenvalue weighted by atomic mass is 16.2. The number of benzene rings is 2. The van der Waals surface area contributed by atoms with E-state index < -0.39 is 0 Å². The molecule has 0 saturated carbocycles. The Balaban J connectivity index is 1.52. The normalized spacial score (nSPS) is 10.9. The predicted octanol–water partition coefficient (Wildman–Crippen LogP) is 3.89. The van der Waals surface area contributed by atoms with E-state index in [1.165, 1.54) is 11.1 Å². The van der Waals surface area contributed by atoms with Crippen LogP contribution in [0.5, 0.6) is 0 Å². The van der Waals surface area contributed by atoms with Crippen molar-refractivity contribution in [1.29, 1.82) is 0 Å². The van der Waals surface area contributed by atoms with Crippen molar-refractivity contribution in [2.75, 3.05) is 5.32 Å². The predicted molar refractivity (Wildman–Crippen MR) is 105 cm³/mol. The first kappa shape index (κ1) is 16.8. The number of rotatable bonds is 4. The van der Waals surface area contributed by atoms with Gasteiger partial charge >= 0.3 is 6.03 Å². The van der Waals surface area contributed by atoms with Crippen molar-refractivity contribution in [2.24, 2.45) is 0 Å². The third-order valence-electron chi connectivity index (χ3n) is 4.51. The highest BCUT2D eigenvalue weighted by Crippen LogP contribution is 2.26. The summed E-state index contributed by atoms with van der Waals surface area (Å²) in [6.07, 6.45) is 1.64. The summed E-state index contributed by atoms with van der Waals surface area (Å²) in [6.45, 7) is 4.57. The zero-order valence-corrected chi connectivity index (χ0v) is 15.1. The molecule has 4 rings (SSSR count). The standard InChI is InChI=1S/C20H20N6O/c1-12-8-15-16(9-13(12)2)24-19(23-15)18-17(11-22-26-18)25-20(27)21-10-14-6-4-3-5-7-14/h3-9,11H,10H2,1-2H3,(H,22,26)(H,23,24)(H2,21,25,27). The number of nitrogens with one attached hydrogen (secondary N) is 4. The first-order valence-corrected chi connectivity index (χ1v) is 8.70. The molecule has 0 aliphatic carbocycles. The maximum Gasteiger partial charge on any atom is 0.319 e. The molecule has 0 bridgehead atoms. The lowest BCUT2D eigenvalue weighted by molar-refractivity contribution is 0.252. The summed E-state index contributed by atoms with van der Waals surface area (Å²) in [5, 5.41) is 12.7. The van der Waals surface area contributed by atoms with Crippen LogP contribution < -0.4 is 10.6 Å². The minimum absolute atomic E-state index is 0.302. The summed E-state index contributed by atoms with van der Waals surface area (Å²) in [6, 6.07) is 13.5. The Morgan fingerprint density at radius 3 is 2.70 bits per heavy atom. The number of aromatic nitrogens is 4. The number of carbonyl (C=O) groups is 1. The SMILES string of the molecule is Cc1cc2nc(-c3n[nH]cc3NC(=O)NCc3ccccc3)[nH]c2cc1C. The minimum atomic E-state index is -0.302. The van der Waals surface area contributed by atoms with Crippen molar-refractivity contribution in [1.82, 2.24) is 25.5 Å². The average Bonchev–Trinajstić information content (AvgIpc) is 3.28. The first-order chi connectivity index (χ1) is 13.1. The fraction of sp³-hybridized carbons (Fsp3) is 0.150. The Kier molecular flexibility index (Phi) is 4.33. The van der Waals surface area contributed by atoms with Gasteiger partial charge in [-0.05, 0) is 42.7 Å². The molecule has 0 atom stereocenters. The van der Waals surface area contributed by atoms with Crippen LogP contribution in [-0.2, 0) is 6.54 Å². The molecule has 0 unspecified atom stereocenters. The van der Waals surface area contributed by atoms with Crippen LogP contribution in [0.4, 0.5) is 10.5 Å². The van der Waals surface area contributed by atoms with Crippen molar-refractivity contribution in [3.05, 3.63) is 65.4 Å². The van der Waals surface area contributed by atoms with E-state index in [1.807, 2.05) is 36.4 Å². The lowest BCUT2D eigenvalue weighted by Crippen LogP contribution is -2.28. The molecule has 2 aromatic heterocycles. The molecular formula is C20H20N6O. The Hall–Kier alpha value is -3.61. The maximum atomic E-state index is 12.2. The van der Waals surface area contributed by atoms with Gasteiger partial charge in [-0.1, -0.05) is 30.3 Å². The third kappa shape index (κ3) is 3.52. The van der Waals surface area contributed by atoms with Gasteiger partial charge in [-0.25, -0.2) is 9.78 Å². The van der Waals surface area contributed by atoms with E-state index in [9.17, 15) is 4.79 Å². The van der Waals surface area contributed by atoms with E-state index in [4.69, 9.17) is 0 Å². The second-order valence-corrected chi connectivity index (χ2v) is 6.48. The molecule has 7 nitrogen and oxygen atoms in total. The molecule has 2 amide bonds. The van der Waals surface area contributed by atoms with Gasteiger partial charge in [0.2, 0.25) is 0 Å². The van der Waals surface area contributed by atoms with Crippen LogP contribution >= 0.6 is 0 Å². The van der Waals surface area contributed by atoms with Gasteiger partial charge in [0.05, 0.1) is 16.7 Å². The number of aryl methyl sites for hydroxylation is 2. The second kappa shape index (κ2) is 6.95. The number of fused-ring (bicyclic) bond motifs is 1. The summed E-state index contributed by atoms with van der Waals surface area (Å²) in [7, 11) is 0. The van der Waals surface area contributed by atoms with Crippen molar-refractivity contribution in [3.63, 3.8) is 0 Å². The maximum absolute atomic E-state index is 12.2. The summed E-state index contributed by atoms with van der Waals surface area (Å²) in [5.41, 5.74) is 6.35. The van der Waals surface area contributed by atoms with Crippen LogP contribution in [0, 0.1) is 13.8 Å². The van der Waals surface area contributed by atoms with Crippen LogP contribution in [0.3, 0.4) is 0 Å². The van der Waals surface area contributed by atoms with Crippen molar-refractivity contribution >= 4 is 22.8 Å². The van der Waals surface area contributed by atoms with Crippen LogP contribution in [-0.4, -0.2) is 26.2 Å². The molecule has 0 fully saturated rings. The summed E-state index contributed by atoms with van der Waals surface area (Å²) < 4.78 is 0. The number of nitrogens with zero attached hydrogens (tertiary/aromatic N) is 2. The molecule has 136 valence electrons. The van der Waals surface area contributed by atoms with Crippen molar-refractivity contribution in [3.8, 4) is 11.5 Å². The van der Waals surface area contributed by atoms with E-state index in [1.54, 1.807) is 6.20 Å². The van der Waals surface area contributed by atoms with Crippen LogP contribution in [0.2, 0.25) is 0 Å². The summed E-state index contributed by atoms with van der Waals surface area (Å²) in [5.74, 6) is 0.606. The molecular weight excluding hydrogens is 340 g/mol. The largest absolute Gasteiger partial charge is 0.337 e. The third-order valence-corrected chi connectivity index (χ3v) is 4.51. The molecule has 27 heavy (non-hydrogen) atoms. The zero-order chi connectivity index (χ0) is 18.8. The first-order valence-electron chi connectivity index (χ1n) is 8.70. The smallest absolute Gasteiger partial charge is 0.319 e. The van der Waals surface area contributed by atoms with Gasteiger partial charge in [0.25, 0.3) is 0 Å². The highest BCUT2D eigenvalue weighted by molar-refractivity contribution is 5.93. The fourth-order valence-corrected chi connectivity index (χ4v) is 2.89. The van der Waals surface area contributed by atoms with Gasteiger partial charge in [-0.15, -0.1) is 0 Å². The monoisotopic (exact) mass is 360 g/mol. The number of hydrogen-bond acceptors (Lipinski definition) is 3. The molecule has 0 spiro atoms. The molecule has 4 N–H and O–H groups in total. The zero-order valence-electron chi connectivity index (χ0n) is 15.1. The number of aromatic amines is 2. The van der Waals surface area contributed by atoms with Gasteiger partial charge in [0.15, 0.2) is 11.5 Å². The lowest BCUT2D eigenvalue weighted by Gasteiger charge is -2.07. The molecule has 0 aliphatic heterocycles. The Bertz CT molecular complexity index is 1060. The van der Waals surface area contributed by atoms with E-state index in [-0.39, 0.29) is 6.03 Å². The molecule has 0 saturated heterocycles. The van der Waals surface area contributed by atoms with E-state index in [0.717, 1.165) is 16.6 Å². The second-order valence-electron chi connectivity index (χ2n) is 6.48. The van der Waals surface area contributed by atoms with Crippen LogP contribution in [0.1, 0.15) is 16.7 Å². The molecule has 0 aliphatic rings. The summed E-state index contributed by atoms with van der Waals surface area (Å²) in [4.78, 5) is 20.1. The van der Waals surface area contributed by atoms with Crippen molar-refractivity contribution in [2.45, 2.75) is 20.4 Å². The Morgan fingerprint density at radius 2 is 1.89 bits per heavy atom. The van der Waals surface area contributed by atoms with Crippen LogP contribution in [0.25, 0.3) is 22.6 Å². The highest BCUT2D eigenvalue weighted by Gasteiger charge is 2.15. The molecule has 2 heterocycles. The number of carbonyl (C=O) groups excluding carboxylic acids is 1. The number of hydrogen-bond donors (Lipinski definition) is 4. The number of amides is 2. The van der Waals surface area contributed by atoms with Gasteiger partial charge < -0.3 is 15.6 Å². The molecule has 7 heteroatoms. The number of H-pyrrole nitrogens is 2. The van der Waals surface area contributed by atoms with E-state index in [0.29, 0.717) is 23.8 Å². The van der Waals surface area contributed by atoms with Crippen LogP contribution in [0.15, 0.2) is 48.7 Å². The van der Waals surface area contributed by atoms with E-state index in [2.05, 4.69) is 50.7 Å². The van der Waals surface area contributed by atoms with Gasteiger partial charge in [-0.3, -0.25) is 5.10 Å². The Labute approximate surface area is 156 Å². The van der Waals surface area contributed by atoms with Gasteiger partial charge in [0, 0.05) is 12.7 Å². The van der Waals surface area contributed by atoms with Gasteiger partial charge in [-0.2, -0.15) is 5.10 Å². The molecule has 2 aromatic carbocycles. The number of anilines is 1. The Morgan fingerprint density at radius 1 is 1.11 bits per heavy atom. The van der Waals surface area contributed by atoms with E-state index >= 15 is 0 Å². The average molecular weight is 360 g/mol. The summed E-state index contributed by atoms with van der Waals surface area (Å²) >= 11 is 0. The molecule has 4 aromatic rings. The van der Waals surface area contributed by atoms with Gasteiger partial charge in [0.1, 0.15) is 0 Å². The number of urea groups is 1. The topological polar surface area (TPSA) is 98.5 Å². The van der Waals surface area contributed by atoms with Crippen molar-refractivity contribution < 1.29 is 4.79 Å². The fourth-order valence-electron chi connectivity index (χ4n) is 2.89. The lowest BCUT2D eigenvalue weighted by atomic mass is 10.1. The molecule has 0 radical (unpaired) electrons. The quantitative estimate of drug-likeness (QED) is 0.444. The minimum Gasteiger partial charge on any atom is -0.337 e. The number of imidazole rings is 1.